The molecule has 7 heteroatoms. The summed E-state index contributed by atoms with van der Waals surface area (Å²) in [6, 6.07) is 12.4. The van der Waals surface area contributed by atoms with Gasteiger partial charge >= 0.3 is 0 Å². The van der Waals surface area contributed by atoms with Gasteiger partial charge in [0.25, 0.3) is 5.91 Å². The second-order valence-electron chi connectivity index (χ2n) is 5.23. The van der Waals surface area contributed by atoms with Crippen molar-refractivity contribution in [3.8, 4) is 0 Å². The van der Waals surface area contributed by atoms with Crippen LogP contribution in [-0.2, 0) is 10.0 Å². The van der Waals surface area contributed by atoms with E-state index >= 15 is 0 Å². The molecule has 0 bridgehead atoms. The zero-order chi connectivity index (χ0) is 17.0. The van der Waals surface area contributed by atoms with Gasteiger partial charge in [0.05, 0.1) is 15.5 Å². The molecule has 0 aromatic heterocycles. The van der Waals surface area contributed by atoms with Crippen LogP contribution in [0.1, 0.15) is 24.2 Å². The minimum Gasteiger partial charge on any atom is -0.322 e. The topological polar surface area (TPSA) is 75.3 Å². The van der Waals surface area contributed by atoms with Crippen molar-refractivity contribution in [2.45, 2.75) is 24.8 Å². The molecule has 0 saturated carbocycles. The molecule has 0 heterocycles. The molecule has 0 atom stereocenters. The molecule has 0 aliphatic carbocycles. The van der Waals surface area contributed by atoms with E-state index in [4.69, 9.17) is 11.6 Å². The smallest absolute Gasteiger partial charge is 0.257 e. The third kappa shape index (κ3) is 4.54. The molecule has 0 spiro atoms. The average Bonchev–Trinajstić information content (AvgIpc) is 2.47. The molecule has 0 saturated heterocycles. The molecule has 0 unspecified atom stereocenters. The molecular weight excluding hydrogens is 336 g/mol. The van der Waals surface area contributed by atoms with Gasteiger partial charge in [0, 0.05) is 11.7 Å². The first-order valence-corrected chi connectivity index (χ1v) is 8.84. The fourth-order valence-corrected chi connectivity index (χ4v) is 3.41. The Hall–Kier alpha value is -1.89. The lowest BCUT2D eigenvalue weighted by Crippen LogP contribution is -2.30. The van der Waals surface area contributed by atoms with Crippen LogP contribution in [0.2, 0.25) is 5.02 Å². The summed E-state index contributed by atoms with van der Waals surface area (Å²) in [4.78, 5) is 12.3. The summed E-state index contributed by atoms with van der Waals surface area (Å²) < 4.78 is 26.5. The number of hydrogen-bond donors (Lipinski definition) is 2. The Balaban J connectivity index is 2.15. The normalized spacial score (nSPS) is 11.5. The number of amides is 1. The van der Waals surface area contributed by atoms with Crippen molar-refractivity contribution in [1.82, 2.24) is 4.72 Å². The number of hydrogen-bond acceptors (Lipinski definition) is 3. The van der Waals surface area contributed by atoms with Crippen molar-refractivity contribution in [3.05, 3.63) is 59.1 Å². The van der Waals surface area contributed by atoms with E-state index < -0.39 is 10.0 Å². The summed E-state index contributed by atoms with van der Waals surface area (Å²) in [7, 11) is -3.55. The molecule has 1 amide bonds. The number of carbonyl (C=O) groups excluding carboxylic acids is 1. The molecule has 122 valence electrons. The van der Waals surface area contributed by atoms with Crippen LogP contribution in [0.5, 0.6) is 0 Å². The highest BCUT2D eigenvalue weighted by Crippen LogP contribution is 2.18. The summed E-state index contributed by atoms with van der Waals surface area (Å²) in [5.41, 5.74) is 0.839. The fraction of sp³-hybridized carbons (Fsp3) is 0.188. The van der Waals surface area contributed by atoms with Crippen molar-refractivity contribution in [1.29, 1.82) is 0 Å². The number of anilines is 1. The Bertz CT molecular complexity index is 802. The van der Waals surface area contributed by atoms with Gasteiger partial charge in [-0.1, -0.05) is 23.7 Å². The number of sulfonamides is 1. The molecule has 2 aromatic rings. The van der Waals surface area contributed by atoms with E-state index in [0.29, 0.717) is 16.3 Å². The van der Waals surface area contributed by atoms with Crippen molar-refractivity contribution in [2.75, 3.05) is 5.32 Å². The van der Waals surface area contributed by atoms with Gasteiger partial charge < -0.3 is 5.32 Å². The lowest BCUT2D eigenvalue weighted by molar-refractivity contribution is 0.102. The monoisotopic (exact) mass is 352 g/mol. The molecule has 5 nitrogen and oxygen atoms in total. The quantitative estimate of drug-likeness (QED) is 0.867. The Morgan fingerprint density at radius 3 is 2.22 bits per heavy atom. The van der Waals surface area contributed by atoms with Crippen LogP contribution in [0.3, 0.4) is 0 Å². The molecule has 0 aliphatic heterocycles. The molecule has 0 fully saturated rings. The van der Waals surface area contributed by atoms with Crippen molar-refractivity contribution in [2.24, 2.45) is 0 Å². The highest BCUT2D eigenvalue weighted by Gasteiger charge is 2.15. The molecule has 23 heavy (non-hydrogen) atoms. The molecule has 2 rings (SSSR count). The lowest BCUT2D eigenvalue weighted by Gasteiger charge is -2.11. The van der Waals surface area contributed by atoms with E-state index in [1.807, 2.05) is 0 Å². The number of carbonyl (C=O) groups is 1. The molecule has 2 aromatic carbocycles. The Morgan fingerprint density at radius 1 is 1.04 bits per heavy atom. The first kappa shape index (κ1) is 17.5. The third-order valence-corrected chi connectivity index (χ3v) is 4.94. The average molecular weight is 353 g/mol. The standard InChI is InChI=1S/C16H17ClN2O3S/c1-11(2)19-23(21,22)13-9-7-12(8-10-13)18-16(20)14-5-3-4-6-15(14)17/h3-11,19H,1-2H3,(H,18,20). The van der Waals surface area contributed by atoms with Crippen LogP contribution in [0, 0.1) is 0 Å². The second-order valence-corrected chi connectivity index (χ2v) is 7.36. The van der Waals surface area contributed by atoms with Gasteiger partial charge in [0.15, 0.2) is 0 Å². The van der Waals surface area contributed by atoms with E-state index in [1.165, 1.54) is 24.3 Å². The lowest BCUT2D eigenvalue weighted by atomic mass is 10.2. The summed E-state index contributed by atoms with van der Waals surface area (Å²) in [5, 5.41) is 3.03. The summed E-state index contributed by atoms with van der Waals surface area (Å²) >= 11 is 5.97. The van der Waals surface area contributed by atoms with Crippen molar-refractivity contribution in [3.63, 3.8) is 0 Å². The van der Waals surface area contributed by atoms with Gasteiger partial charge in [0.2, 0.25) is 10.0 Å². The third-order valence-electron chi connectivity index (χ3n) is 2.93. The van der Waals surface area contributed by atoms with Crippen molar-refractivity contribution >= 4 is 33.2 Å². The van der Waals surface area contributed by atoms with Crippen LogP contribution < -0.4 is 10.0 Å². The first-order valence-electron chi connectivity index (χ1n) is 6.98. The number of nitrogens with one attached hydrogen (secondary N) is 2. The maximum absolute atomic E-state index is 12.1. The number of halogens is 1. The van der Waals surface area contributed by atoms with Crippen LogP contribution in [0.25, 0.3) is 0 Å². The summed E-state index contributed by atoms with van der Waals surface area (Å²) in [6.07, 6.45) is 0. The largest absolute Gasteiger partial charge is 0.322 e. The Kier molecular flexibility index (Phi) is 5.41. The highest BCUT2D eigenvalue weighted by molar-refractivity contribution is 7.89. The molecule has 0 radical (unpaired) electrons. The molecular formula is C16H17ClN2O3S. The van der Waals surface area contributed by atoms with Crippen LogP contribution in [-0.4, -0.2) is 20.4 Å². The van der Waals surface area contributed by atoms with E-state index in [9.17, 15) is 13.2 Å². The predicted molar refractivity (Wildman–Crippen MR) is 91.3 cm³/mol. The number of rotatable bonds is 5. The van der Waals surface area contributed by atoms with Crippen LogP contribution in [0.15, 0.2) is 53.4 Å². The van der Waals surface area contributed by atoms with Gasteiger partial charge in [-0.15, -0.1) is 0 Å². The number of benzene rings is 2. The van der Waals surface area contributed by atoms with Crippen LogP contribution >= 0.6 is 11.6 Å². The fourth-order valence-electron chi connectivity index (χ4n) is 1.94. The van der Waals surface area contributed by atoms with Gasteiger partial charge in [-0.2, -0.15) is 0 Å². The minimum atomic E-state index is -3.55. The first-order chi connectivity index (χ1) is 10.8. The SMILES string of the molecule is CC(C)NS(=O)(=O)c1ccc(NC(=O)c2ccccc2Cl)cc1. The van der Waals surface area contributed by atoms with E-state index in [1.54, 1.807) is 38.1 Å². The van der Waals surface area contributed by atoms with E-state index in [-0.39, 0.29) is 16.8 Å². The highest BCUT2D eigenvalue weighted by atomic mass is 35.5. The van der Waals surface area contributed by atoms with Gasteiger partial charge in [0.1, 0.15) is 0 Å². The second kappa shape index (κ2) is 7.12. The maximum atomic E-state index is 12.1. The molecule has 0 aliphatic rings. The Labute approximate surface area is 140 Å². The summed E-state index contributed by atoms with van der Waals surface area (Å²) in [5.74, 6) is -0.355. The van der Waals surface area contributed by atoms with Crippen LogP contribution in [0.4, 0.5) is 5.69 Å². The summed E-state index contributed by atoms with van der Waals surface area (Å²) in [6.45, 7) is 3.49. The maximum Gasteiger partial charge on any atom is 0.257 e. The molecule has 2 N–H and O–H groups in total. The predicted octanol–water partition coefficient (Wildman–Crippen LogP) is 3.28. The van der Waals surface area contributed by atoms with Gasteiger partial charge in [-0.3, -0.25) is 4.79 Å². The van der Waals surface area contributed by atoms with Gasteiger partial charge in [-0.25, -0.2) is 13.1 Å². The minimum absolute atomic E-state index is 0.141. The Morgan fingerprint density at radius 2 is 1.65 bits per heavy atom. The zero-order valence-corrected chi connectivity index (χ0v) is 14.3. The van der Waals surface area contributed by atoms with Crippen molar-refractivity contribution < 1.29 is 13.2 Å². The zero-order valence-electron chi connectivity index (χ0n) is 12.7. The van der Waals surface area contributed by atoms with Gasteiger partial charge in [-0.05, 0) is 50.2 Å². The van der Waals surface area contributed by atoms with E-state index in [0.717, 1.165) is 0 Å². The van der Waals surface area contributed by atoms with E-state index in [2.05, 4.69) is 10.0 Å².